The molecule has 5 heteroatoms. The summed E-state index contributed by atoms with van der Waals surface area (Å²) in [6.07, 6.45) is -0.611. The second kappa shape index (κ2) is 7.91. The first-order valence-electron chi connectivity index (χ1n) is 7.76. The number of amides is 1. The number of benzene rings is 2. The first-order valence-corrected chi connectivity index (χ1v) is 8.52. The third kappa shape index (κ3) is 4.89. The molecule has 1 amide bonds. The maximum Gasteiger partial charge on any atom is 0.261 e. The molecule has 0 bridgehead atoms. The molecule has 2 atom stereocenters. The van der Waals surface area contributed by atoms with Gasteiger partial charge in [0.1, 0.15) is 5.75 Å². The fourth-order valence-electron chi connectivity index (χ4n) is 2.52. The van der Waals surface area contributed by atoms with E-state index in [2.05, 4.69) is 11.4 Å². The lowest BCUT2D eigenvalue weighted by Crippen LogP contribution is -2.37. The molecule has 0 saturated carbocycles. The lowest BCUT2D eigenvalue weighted by atomic mass is 10.1. The molecule has 0 unspecified atom stereocenters. The van der Waals surface area contributed by atoms with E-state index in [1.165, 1.54) is 0 Å². The van der Waals surface area contributed by atoms with Crippen LogP contribution in [0.3, 0.4) is 0 Å². The molecule has 0 aromatic heterocycles. The van der Waals surface area contributed by atoms with Crippen LogP contribution in [0.15, 0.2) is 36.4 Å². The Kier molecular flexibility index (Phi) is 6.14. The smallest absolute Gasteiger partial charge is 0.261 e. The van der Waals surface area contributed by atoms with Crippen molar-refractivity contribution in [2.24, 2.45) is 0 Å². The molecule has 1 N–H and O–H groups in total. The van der Waals surface area contributed by atoms with E-state index in [1.807, 2.05) is 39.0 Å². The van der Waals surface area contributed by atoms with Gasteiger partial charge in [-0.15, -0.1) is 0 Å². The highest BCUT2D eigenvalue weighted by molar-refractivity contribution is 6.35. The van der Waals surface area contributed by atoms with Crippen molar-refractivity contribution < 1.29 is 9.53 Å². The van der Waals surface area contributed by atoms with Crippen LogP contribution in [0.5, 0.6) is 5.75 Å². The summed E-state index contributed by atoms with van der Waals surface area (Å²) in [7, 11) is 0. The summed E-state index contributed by atoms with van der Waals surface area (Å²) in [5.74, 6) is 0.486. The number of ether oxygens (including phenoxy) is 1. The fraction of sp³-hybridized carbons (Fsp3) is 0.316. The molecule has 3 nitrogen and oxygen atoms in total. The molecule has 0 saturated heterocycles. The molecule has 0 aliphatic carbocycles. The predicted octanol–water partition coefficient (Wildman–Crippen LogP) is 5.25. The van der Waals surface area contributed by atoms with E-state index in [0.29, 0.717) is 15.8 Å². The molecule has 0 spiro atoms. The summed E-state index contributed by atoms with van der Waals surface area (Å²) >= 11 is 12.1. The van der Waals surface area contributed by atoms with Crippen molar-refractivity contribution in [2.75, 3.05) is 0 Å². The number of aryl methyl sites for hydroxylation is 2. The molecule has 0 heterocycles. The van der Waals surface area contributed by atoms with Crippen molar-refractivity contribution in [3.63, 3.8) is 0 Å². The zero-order chi connectivity index (χ0) is 17.9. The number of rotatable bonds is 5. The molecule has 0 aliphatic rings. The molecular formula is C19H21Cl2NO2. The van der Waals surface area contributed by atoms with Crippen LogP contribution in [0, 0.1) is 13.8 Å². The number of nitrogens with one attached hydrogen (secondary N) is 1. The molecule has 2 aromatic rings. The van der Waals surface area contributed by atoms with E-state index in [0.717, 1.165) is 16.7 Å². The van der Waals surface area contributed by atoms with Crippen LogP contribution in [-0.2, 0) is 4.79 Å². The van der Waals surface area contributed by atoms with E-state index in [4.69, 9.17) is 27.9 Å². The first-order chi connectivity index (χ1) is 11.3. The second-order valence-electron chi connectivity index (χ2n) is 5.98. The van der Waals surface area contributed by atoms with Gasteiger partial charge in [-0.1, -0.05) is 35.3 Å². The number of carbonyl (C=O) groups is 1. The molecule has 0 fully saturated rings. The van der Waals surface area contributed by atoms with Crippen LogP contribution in [0.1, 0.15) is 36.6 Å². The van der Waals surface area contributed by atoms with Crippen molar-refractivity contribution in [3.05, 3.63) is 63.1 Å². The summed E-state index contributed by atoms with van der Waals surface area (Å²) in [4.78, 5) is 12.4. The van der Waals surface area contributed by atoms with Crippen molar-refractivity contribution >= 4 is 29.1 Å². The van der Waals surface area contributed by atoms with Crippen molar-refractivity contribution in [1.29, 1.82) is 0 Å². The van der Waals surface area contributed by atoms with Crippen molar-refractivity contribution in [1.82, 2.24) is 5.32 Å². The maximum atomic E-state index is 12.4. The van der Waals surface area contributed by atoms with E-state index < -0.39 is 6.10 Å². The summed E-state index contributed by atoms with van der Waals surface area (Å²) < 4.78 is 5.76. The minimum atomic E-state index is -0.611. The highest BCUT2D eigenvalue weighted by Gasteiger charge is 2.19. The monoisotopic (exact) mass is 365 g/mol. The van der Waals surface area contributed by atoms with Gasteiger partial charge in [-0.05, 0) is 68.7 Å². The number of hydrogen-bond acceptors (Lipinski definition) is 2. The topological polar surface area (TPSA) is 38.3 Å². The van der Waals surface area contributed by atoms with Crippen LogP contribution >= 0.6 is 23.2 Å². The van der Waals surface area contributed by atoms with E-state index in [9.17, 15) is 4.79 Å². The molecular weight excluding hydrogens is 345 g/mol. The Morgan fingerprint density at radius 3 is 2.25 bits per heavy atom. The van der Waals surface area contributed by atoms with Crippen LogP contribution in [-0.4, -0.2) is 12.0 Å². The normalized spacial score (nSPS) is 13.2. The Morgan fingerprint density at radius 2 is 1.67 bits per heavy atom. The van der Waals surface area contributed by atoms with Crippen LogP contribution in [0.25, 0.3) is 0 Å². The summed E-state index contributed by atoms with van der Waals surface area (Å²) in [6, 6.07) is 10.9. The summed E-state index contributed by atoms with van der Waals surface area (Å²) in [5, 5.41) is 4.00. The zero-order valence-corrected chi connectivity index (χ0v) is 15.7. The second-order valence-corrected chi connectivity index (χ2v) is 6.82. The van der Waals surface area contributed by atoms with Gasteiger partial charge in [0.25, 0.3) is 5.91 Å². The highest BCUT2D eigenvalue weighted by Crippen LogP contribution is 2.26. The van der Waals surface area contributed by atoms with Gasteiger partial charge in [-0.3, -0.25) is 4.79 Å². The highest BCUT2D eigenvalue weighted by atomic mass is 35.5. The van der Waals surface area contributed by atoms with Gasteiger partial charge in [-0.2, -0.15) is 0 Å². The SMILES string of the molecule is Cc1cc(C)cc(O[C@H](C)C(=O)N[C@H](C)c2ccc(Cl)cc2Cl)c1. The quantitative estimate of drug-likeness (QED) is 0.784. The average molecular weight is 366 g/mol. The zero-order valence-electron chi connectivity index (χ0n) is 14.2. The van der Waals surface area contributed by atoms with Gasteiger partial charge < -0.3 is 10.1 Å². The summed E-state index contributed by atoms with van der Waals surface area (Å²) in [5.41, 5.74) is 3.01. The van der Waals surface area contributed by atoms with E-state index in [-0.39, 0.29) is 11.9 Å². The Morgan fingerprint density at radius 1 is 1.04 bits per heavy atom. The largest absolute Gasteiger partial charge is 0.481 e. The third-order valence-electron chi connectivity index (χ3n) is 3.67. The lowest BCUT2D eigenvalue weighted by Gasteiger charge is -2.20. The Balaban J connectivity index is 2.02. The molecule has 2 aromatic carbocycles. The first kappa shape index (κ1) is 18.6. The number of halogens is 2. The maximum absolute atomic E-state index is 12.4. The van der Waals surface area contributed by atoms with Crippen LogP contribution < -0.4 is 10.1 Å². The van der Waals surface area contributed by atoms with Gasteiger partial charge in [0.15, 0.2) is 6.10 Å². The van der Waals surface area contributed by atoms with Crippen LogP contribution in [0.2, 0.25) is 10.0 Å². The number of carbonyl (C=O) groups excluding carboxylic acids is 1. The fourth-order valence-corrected chi connectivity index (χ4v) is 3.09. The lowest BCUT2D eigenvalue weighted by molar-refractivity contribution is -0.127. The van der Waals surface area contributed by atoms with Gasteiger partial charge in [0.05, 0.1) is 6.04 Å². The Labute approximate surface area is 152 Å². The molecule has 0 aliphatic heterocycles. The Bertz CT molecular complexity index is 726. The molecule has 24 heavy (non-hydrogen) atoms. The van der Waals surface area contributed by atoms with E-state index in [1.54, 1.807) is 19.1 Å². The standard InChI is InChI=1S/C19H21Cl2NO2/c1-11-7-12(2)9-16(8-11)24-14(4)19(23)22-13(3)17-6-5-15(20)10-18(17)21/h5-10,13-14H,1-4H3,(H,22,23)/t13-,14-/m1/s1. The molecule has 0 radical (unpaired) electrons. The number of hydrogen-bond donors (Lipinski definition) is 1. The Hall–Kier alpha value is -1.71. The molecule has 128 valence electrons. The van der Waals surface area contributed by atoms with E-state index >= 15 is 0 Å². The predicted molar refractivity (Wildman–Crippen MR) is 99.0 cm³/mol. The minimum absolute atomic E-state index is 0.201. The van der Waals surface area contributed by atoms with Gasteiger partial charge in [0.2, 0.25) is 0 Å². The van der Waals surface area contributed by atoms with Crippen LogP contribution in [0.4, 0.5) is 0 Å². The van der Waals surface area contributed by atoms with Gasteiger partial charge in [-0.25, -0.2) is 0 Å². The van der Waals surface area contributed by atoms with Gasteiger partial charge in [0, 0.05) is 10.0 Å². The van der Waals surface area contributed by atoms with Crippen molar-refractivity contribution in [2.45, 2.75) is 39.8 Å². The minimum Gasteiger partial charge on any atom is -0.481 e. The van der Waals surface area contributed by atoms with Gasteiger partial charge >= 0.3 is 0 Å². The third-order valence-corrected chi connectivity index (χ3v) is 4.23. The van der Waals surface area contributed by atoms with Crippen molar-refractivity contribution in [3.8, 4) is 5.75 Å². The average Bonchev–Trinajstić information content (AvgIpc) is 2.45. The molecule has 2 rings (SSSR count). The summed E-state index contributed by atoms with van der Waals surface area (Å²) in [6.45, 7) is 7.59.